The molecule has 1 saturated heterocycles. The molecule has 1 N–H and O–H groups in total. The van der Waals surface area contributed by atoms with Crippen molar-refractivity contribution < 1.29 is 9.59 Å². The third kappa shape index (κ3) is 2.28. The fraction of sp³-hybridized carbons (Fsp3) is 0.333. The van der Waals surface area contributed by atoms with Gasteiger partial charge >= 0.3 is 0 Å². The fourth-order valence-electron chi connectivity index (χ4n) is 1.36. The number of amides is 2. The number of piperazine rings is 1. The van der Waals surface area contributed by atoms with Crippen LogP contribution in [-0.4, -0.2) is 40.0 Å². The van der Waals surface area contributed by atoms with E-state index in [9.17, 15) is 9.59 Å². The summed E-state index contributed by atoms with van der Waals surface area (Å²) in [7, 11) is 0. The third-order valence-corrected chi connectivity index (χ3v) is 2.10. The molecule has 2 amide bonds. The minimum Gasteiger partial charge on any atom is -0.345 e. The Kier molecular flexibility index (Phi) is 2.57. The van der Waals surface area contributed by atoms with Crippen LogP contribution >= 0.6 is 0 Å². The predicted molar refractivity (Wildman–Crippen MR) is 50.5 cm³/mol. The summed E-state index contributed by atoms with van der Waals surface area (Å²) in [4.78, 5) is 23.9. The van der Waals surface area contributed by atoms with Gasteiger partial charge in [0, 0.05) is 6.20 Å². The van der Waals surface area contributed by atoms with Gasteiger partial charge in [-0.05, 0) is 12.1 Å². The first-order chi connectivity index (χ1) is 7.25. The van der Waals surface area contributed by atoms with Crippen molar-refractivity contribution in [3.63, 3.8) is 0 Å². The smallest absolute Gasteiger partial charge is 0.242 e. The van der Waals surface area contributed by atoms with Crippen molar-refractivity contribution in [1.82, 2.24) is 20.4 Å². The molecule has 15 heavy (non-hydrogen) atoms. The van der Waals surface area contributed by atoms with E-state index >= 15 is 0 Å². The lowest BCUT2D eigenvalue weighted by Crippen LogP contribution is -2.51. The number of hydrogen-bond donors (Lipinski definition) is 1. The van der Waals surface area contributed by atoms with Crippen molar-refractivity contribution in [3.8, 4) is 0 Å². The van der Waals surface area contributed by atoms with E-state index in [-0.39, 0.29) is 24.9 Å². The van der Waals surface area contributed by atoms with Gasteiger partial charge in [0.25, 0.3) is 0 Å². The molecule has 0 saturated carbocycles. The van der Waals surface area contributed by atoms with Gasteiger partial charge in [-0.3, -0.25) is 9.59 Å². The van der Waals surface area contributed by atoms with Crippen molar-refractivity contribution in [2.45, 2.75) is 6.54 Å². The molecule has 0 spiro atoms. The molecule has 78 valence electrons. The van der Waals surface area contributed by atoms with E-state index in [1.807, 2.05) is 0 Å². The van der Waals surface area contributed by atoms with Gasteiger partial charge in [0.15, 0.2) is 0 Å². The van der Waals surface area contributed by atoms with E-state index in [2.05, 4.69) is 15.5 Å². The van der Waals surface area contributed by atoms with Gasteiger partial charge in [0.05, 0.1) is 25.3 Å². The lowest BCUT2D eigenvalue weighted by atomic mass is 10.3. The Hall–Kier alpha value is -1.98. The zero-order valence-corrected chi connectivity index (χ0v) is 8.01. The van der Waals surface area contributed by atoms with E-state index in [0.717, 1.165) is 0 Å². The molecule has 0 radical (unpaired) electrons. The molecule has 0 atom stereocenters. The van der Waals surface area contributed by atoms with Crippen molar-refractivity contribution in [3.05, 3.63) is 24.0 Å². The molecule has 2 heterocycles. The summed E-state index contributed by atoms with van der Waals surface area (Å²) in [6.45, 7) is 0.495. The maximum absolute atomic E-state index is 11.4. The third-order valence-electron chi connectivity index (χ3n) is 2.10. The molecule has 0 aromatic carbocycles. The molecular formula is C9H10N4O2. The maximum Gasteiger partial charge on any atom is 0.242 e. The van der Waals surface area contributed by atoms with Gasteiger partial charge in [-0.2, -0.15) is 10.2 Å². The highest BCUT2D eigenvalue weighted by Gasteiger charge is 2.23. The molecule has 6 nitrogen and oxygen atoms in total. The Balaban J connectivity index is 2.05. The Morgan fingerprint density at radius 3 is 3.07 bits per heavy atom. The number of carbonyl (C=O) groups is 2. The lowest BCUT2D eigenvalue weighted by Gasteiger charge is -2.25. The number of rotatable bonds is 2. The highest BCUT2D eigenvalue weighted by molar-refractivity contribution is 5.92. The monoisotopic (exact) mass is 206 g/mol. The molecule has 1 fully saturated rings. The van der Waals surface area contributed by atoms with Crippen LogP contribution in [0, 0.1) is 0 Å². The second-order valence-corrected chi connectivity index (χ2v) is 3.24. The van der Waals surface area contributed by atoms with E-state index in [1.54, 1.807) is 18.3 Å². The summed E-state index contributed by atoms with van der Waals surface area (Å²) >= 11 is 0. The lowest BCUT2D eigenvalue weighted by molar-refractivity contribution is -0.141. The topological polar surface area (TPSA) is 75.2 Å². The number of nitrogens with zero attached hydrogens (tertiary/aromatic N) is 3. The van der Waals surface area contributed by atoms with Crippen LogP contribution in [0.15, 0.2) is 18.3 Å². The Morgan fingerprint density at radius 2 is 2.33 bits per heavy atom. The van der Waals surface area contributed by atoms with Crippen molar-refractivity contribution >= 4 is 11.8 Å². The average Bonchev–Trinajstić information content (AvgIpc) is 2.25. The molecule has 1 aliphatic heterocycles. The summed E-state index contributed by atoms with van der Waals surface area (Å²) < 4.78 is 0. The van der Waals surface area contributed by atoms with E-state index in [1.165, 1.54) is 4.90 Å². The number of carbonyl (C=O) groups excluding carboxylic acids is 2. The van der Waals surface area contributed by atoms with Gasteiger partial charge in [-0.25, -0.2) is 0 Å². The zero-order valence-electron chi connectivity index (χ0n) is 8.01. The van der Waals surface area contributed by atoms with Crippen molar-refractivity contribution in [2.75, 3.05) is 13.1 Å². The van der Waals surface area contributed by atoms with Crippen LogP contribution in [0.25, 0.3) is 0 Å². The number of hydrogen-bond acceptors (Lipinski definition) is 4. The quantitative estimate of drug-likeness (QED) is 0.669. The summed E-state index contributed by atoms with van der Waals surface area (Å²) in [6, 6.07) is 3.52. The van der Waals surface area contributed by atoms with Crippen LogP contribution in [0.2, 0.25) is 0 Å². The van der Waals surface area contributed by atoms with Gasteiger partial charge < -0.3 is 10.2 Å². The van der Waals surface area contributed by atoms with Crippen LogP contribution in [0.4, 0.5) is 0 Å². The highest BCUT2D eigenvalue weighted by Crippen LogP contribution is 2.02. The van der Waals surface area contributed by atoms with Gasteiger partial charge in [-0.1, -0.05) is 0 Å². The number of nitrogens with one attached hydrogen (secondary N) is 1. The minimum absolute atomic E-state index is 0.0685. The first-order valence-electron chi connectivity index (χ1n) is 4.57. The zero-order chi connectivity index (χ0) is 10.7. The van der Waals surface area contributed by atoms with Crippen LogP contribution in [0.5, 0.6) is 0 Å². The van der Waals surface area contributed by atoms with Gasteiger partial charge in [0.1, 0.15) is 0 Å². The van der Waals surface area contributed by atoms with Gasteiger partial charge in [0.2, 0.25) is 11.8 Å². The molecule has 1 aromatic heterocycles. The second-order valence-electron chi connectivity index (χ2n) is 3.24. The molecule has 0 bridgehead atoms. The molecular weight excluding hydrogens is 196 g/mol. The standard InChI is InChI=1S/C9H10N4O2/c14-8-6-13(9(15)4-10-8)5-7-2-1-3-11-12-7/h1-3H,4-6H2,(H,10,14). The predicted octanol–water partition coefficient (Wildman–Crippen LogP) is -1.06. The van der Waals surface area contributed by atoms with E-state index in [0.29, 0.717) is 12.2 Å². The number of aromatic nitrogens is 2. The van der Waals surface area contributed by atoms with Crippen LogP contribution in [0.1, 0.15) is 5.69 Å². The van der Waals surface area contributed by atoms with Crippen LogP contribution < -0.4 is 5.32 Å². The first-order valence-corrected chi connectivity index (χ1v) is 4.57. The molecule has 0 unspecified atom stereocenters. The molecule has 1 aliphatic rings. The summed E-state index contributed by atoms with van der Waals surface area (Å²) in [6.07, 6.45) is 1.56. The highest BCUT2D eigenvalue weighted by atomic mass is 16.2. The molecule has 6 heteroatoms. The van der Waals surface area contributed by atoms with Crippen molar-refractivity contribution in [2.24, 2.45) is 0 Å². The average molecular weight is 206 g/mol. The second kappa shape index (κ2) is 4.04. The first kappa shape index (κ1) is 9.57. The normalized spacial score (nSPS) is 16.4. The Morgan fingerprint density at radius 1 is 1.47 bits per heavy atom. The molecule has 1 aromatic rings. The summed E-state index contributed by atoms with van der Waals surface area (Å²) in [5.41, 5.74) is 0.681. The SMILES string of the molecule is O=C1CN(Cc2cccnn2)C(=O)CN1. The summed E-state index contributed by atoms with van der Waals surface area (Å²) in [5, 5.41) is 10.0. The van der Waals surface area contributed by atoms with Crippen LogP contribution in [0.3, 0.4) is 0 Å². The molecule has 2 rings (SSSR count). The fourth-order valence-corrected chi connectivity index (χ4v) is 1.36. The largest absolute Gasteiger partial charge is 0.345 e. The van der Waals surface area contributed by atoms with E-state index < -0.39 is 0 Å². The van der Waals surface area contributed by atoms with Gasteiger partial charge in [-0.15, -0.1) is 0 Å². The van der Waals surface area contributed by atoms with Crippen LogP contribution in [-0.2, 0) is 16.1 Å². The Labute approximate surface area is 86.3 Å². The molecule has 0 aliphatic carbocycles. The summed E-state index contributed by atoms with van der Waals surface area (Å²) in [5.74, 6) is -0.237. The van der Waals surface area contributed by atoms with E-state index in [4.69, 9.17) is 0 Å². The maximum atomic E-state index is 11.4. The Bertz CT molecular complexity index is 379. The minimum atomic E-state index is -0.140. The van der Waals surface area contributed by atoms with Crippen molar-refractivity contribution in [1.29, 1.82) is 0 Å².